The maximum atomic E-state index is 11.8. The van der Waals surface area contributed by atoms with Gasteiger partial charge in [0.1, 0.15) is 0 Å². The molecule has 1 heteroatoms. The van der Waals surface area contributed by atoms with Crippen LogP contribution in [0.1, 0.15) is 47.0 Å². The molecule has 1 aliphatic carbocycles. The number of hydrogen-bond acceptors (Lipinski definition) is 1. The predicted octanol–water partition coefficient (Wildman–Crippen LogP) is 3.66. The van der Waals surface area contributed by atoms with Gasteiger partial charge in [0.15, 0.2) is 5.78 Å². The topological polar surface area (TPSA) is 17.1 Å². The fourth-order valence-electron chi connectivity index (χ4n) is 2.05. The van der Waals surface area contributed by atoms with Crippen molar-refractivity contribution in [3.63, 3.8) is 0 Å². The summed E-state index contributed by atoms with van der Waals surface area (Å²) < 4.78 is 0. The summed E-state index contributed by atoms with van der Waals surface area (Å²) in [6.07, 6.45) is 6.80. The van der Waals surface area contributed by atoms with Crippen LogP contribution in [0.2, 0.25) is 0 Å². The second-order valence-electron chi connectivity index (χ2n) is 4.71. The summed E-state index contributed by atoms with van der Waals surface area (Å²) in [5.41, 5.74) is 2.54. The molecular formula is C13H20O. The average Bonchev–Trinajstić information content (AvgIpc) is 2.10. The Morgan fingerprint density at radius 2 is 2.07 bits per heavy atom. The Morgan fingerprint density at radius 1 is 1.43 bits per heavy atom. The summed E-state index contributed by atoms with van der Waals surface area (Å²) in [7, 11) is 0. The van der Waals surface area contributed by atoms with Gasteiger partial charge in [-0.3, -0.25) is 4.79 Å². The Morgan fingerprint density at radius 3 is 2.64 bits per heavy atom. The molecule has 0 heterocycles. The Bertz CT molecular complexity index is 292. The fraction of sp³-hybridized carbons (Fsp3) is 0.615. The van der Waals surface area contributed by atoms with E-state index in [9.17, 15) is 4.79 Å². The molecule has 1 nitrogen and oxygen atoms in total. The molecule has 78 valence electrons. The Labute approximate surface area is 86.9 Å². The third-order valence-corrected chi connectivity index (χ3v) is 3.31. The number of allylic oxidation sites excluding steroid dienone is 4. The molecule has 14 heavy (non-hydrogen) atoms. The molecule has 0 bridgehead atoms. The van der Waals surface area contributed by atoms with Gasteiger partial charge in [0.25, 0.3) is 0 Å². The van der Waals surface area contributed by atoms with Gasteiger partial charge in [0.05, 0.1) is 0 Å². The summed E-state index contributed by atoms with van der Waals surface area (Å²) in [6.45, 7) is 8.45. The molecule has 0 aromatic heterocycles. The zero-order chi connectivity index (χ0) is 10.8. The lowest BCUT2D eigenvalue weighted by molar-refractivity contribution is -0.111. The number of hydrogen-bond donors (Lipinski definition) is 0. The largest absolute Gasteiger partial charge is 0.290 e. The molecule has 0 spiro atoms. The third kappa shape index (κ3) is 2.14. The highest BCUT2D eigenvalue weighted by atomic mass is 16.1. The van der Waals surface area contributed by atoms with E-state index in [0.717, 1.165) is 18.4 Å². The first-order valence-electron chi connectivity index (χ1n) is 5.36. The average molecular weight is 192 g/mol. The van der Waals surface area contributed by atoms with Gasteiger partial charge < -0.3 is 0 Å². The van der Waals surface area contributed by atoms with Gasteiger partial charge in [-0.1, -0.05) is 25.5 Å². The lowest BCUT2D eigenvalue weighted by Gasteiger charge is -2.32. The normalized spacial score (nSPS) is 21.7. The van der Waals surface area contributed by atoms with Crippen LogP contribution < -0.4 is 0 Å². The number of rotatable bonds is 2. The Kier molecular flexibility index (Phi) is 3.30. The van der Waals surface area contributed by atoms with Crippen molar-refractivity contribution in [1.29, 1.82) is 0 Å². The number of carbonyl (C=O) groups is 1. The number of carbonyl (C=O) groups excluding carboxylic acids is 1. The molecule has 0 atom stereocenters. The maximum Gasteiger partial charge on any atom is 0.181 e. The molecular weight excluding hydrogens is 172 g/mol. The van der Waals surface area contributed by atoms with E-state index in [1.807, 2.05) is 13.0 Å². The van der Waals surface area contributed by atoms with Crippen molar-refractivity contribution >= 4 is 5.78 Å². The van der Waals surface area contributed by atoms with Crippen molar-refractivity contribution in [2.45, 2.75) is 47.0 Å². The summed E-state index contributed by atoms with van der Waals surface area (Å²) in [5.74, 6) is 0.206. The van der Waals surface area contributed by atoms with Crippen molar-refractivity contribution in [3.05, 3.63) is 23.3 Å². The smallest absolute Gasteiger partial charge is 0.181 e. The third-order valence-electron chi connectivity index (χ3n) is 3.31. The fourth-order valence-corrected chi connectivity index (χ4v) is 2.05. The van der Waals surface area contributed by atoms with E-state index in [1.54, 1.807) is 6.08 Å². The van der Waals surface area contributed by atoms with Gasteiger partial charge in [0, 0.05) is 0 Å². The summed E-state index contributed by atoms with van der Waals surface area (Å²) >= 11 is 0. The highest BCUT2D eigenvalue weighted by molar-refractivity contribution is 6.04. The van der Waals surface area contributed by atoms with Crippen LogP contribution in [0.4, 0.5) is 0 Å². The minimum absolute atomic E-state index is 0.206. The monoisotopic (exact) mass is 192 g/mol. The zero-order valence-corrected chi connectivity index (χ0v) is 9.68. The first kappa shape index (κ1) is 11.2. The van der Waals surface area contributed by atoms with Gasteiger partial charge >= 0.3 is 0 Å². The Balaban J connectivity index is 3.02. The van der Waals surface area contributed by atoms with Crippen molar-refractivity contribution in [1.82, 2.24) is 0 Å². The first-order chi connectivity index (χ1) is 6.49. The molecule has 0 aromatic rings. The van der Waals surface area contributed by atoms with E-state index in [-0.39, 0.29) is 11.2 Å². The zero-order valence-electron chi connectivity index (χ0n) is 9.68. The molecule has 0 fully saturated rings. The van der Waals surface area contributed by atoms with Crippen molar-refractivity contribution in [2.75, 3.05) is 0 Å². The van der Waals surface area contributed by atoms with Crippen LogP contribution in [0, 0.1) is 5.41 Å². The van der Waals surface area contributed by atoms with Gasteiger partial charge in [-0.05, 0) is 50.2 Å². The minimum Gasteiger partial charge on any atom is -0.290 e. The van der Waals surface area contributed by atoms with Crippen LogP contribution in [0.25, 0.3) is 0 Å². The summed E-state index contributed by atoms with van der Waals surface area (Å²) in [4.78, 5) is 11.8. The molecule has 0 aliphatic heterocycles. The van der Waals surface area contributed by atoms with Gasteiger partial charge in [-0.15, -0.1) is 0 Å². The van der Waals surface area contributed by atoms with Crippen LogP contribution in [0.15, 0.2) is 23.3 Å². The van der Waals surface area contributed by atoms with Gasteiger partial charge in [-0.2, -0.15) is 0 Å². The van der Waals surface area contributed by atoms with Crippen LogP contribution in [0.5, 0.6) is 0 Å². The van der Waals surface area contributed by atoms with Crippen molar-refractivity contribution < 1.29 is 4.79 Å². The van der Waals surface area contributed by atoms with Crippen LogP contribution in [-0.4, -0.2) is 5.78 Å². The lowest BCUT2D eigenvalue weighted by atomic mass is 9.72. The van der Waals surface area contributed by atoms with Crippen LogP contribution in [0.3, 0.4) is 0 Å². The number of ketones is 1. The summed E-state index contributed by atoms with van der Waals surface area (Å²) in [6, 6.07) is 0. The molecule has 1 aliphatic rings. The van der Waals surface area contributed by atoms with E-state index in [0.29, 0.717) is 0 Å². The molecule has 0 unspecified atom stereocenters. The molecule has 0 N–H and O–H groups in total. The van der Waals surface area contributed by atoms with E-state index >= 15 is 0 Å². The van der Waals surface area contributed by atoms with Crippen LogP contribution >= 0.6 is 0 Å². The SMILES string of the molecule is CC=CC(=O)C1=C(C)C(C)(C)CCC1. The maximum absolute atomic E-state index is 11.8. The highest BCUT2D eigenvalue weighted by Crippen LogP contribution is 2.40. The quantitative estimate of drug-likeness (QED) is 0.610. The molecule has 0 saturated heterocycles. The van der Waals surface area contributed by atoms with E-state index in [4.69, 9.17) is 0 Å². The predicted molar refractivity (Wildman–Crippen MR) is 60.2 cm³/mol. The van der Waals surface area contributed by atoms with Gasteiger partial charge in [0.2, 0.25) is 0 Å². The van der Waals surface area contributed by atoms with Crippen molar-refractivity contribution in [2.24, 2.45) is 5.41 Å². The van der Waals surface area contributed by atoms with E-state index in [1.165, 1.54) is 12.0 Å². The van der Waals surface area contributed by atoms with Crippen molar-refractivity contribution in [3.8, 4) is 0 Å². The second kappa shape index (κ2) is 4.12. The molecule has 0 radical (unpaired) electrons. The lowest BCUT2D eigenvalue weighted by Crippen LogP contribution is -2.21. The van der Waals surface area contributed by atoms with Gasteiger partial charge in [-0.25, -0.2) is 0 Å². The van der Waals surface area contributed by atoms with E-state index < -0.39 is 0 Å². The summed E-state index contributed by atoms with van der Waals surface area (Å²) in [5, 5.41) is 0. The molecule has 0 aromatic carbocycles. The second-order valence-corrected chi connectivity index (χ2v) is 4.71. The molecule has 0 amide bonds. The standard InChI is InChI=1S/C13H20O/c1-5-7-12(14)11-8-6-9-13(3,4)10(11)2/h5,7H,6,8-9H2,1-4H3. The first-order valence-corrected chi connectivity index (χ1v) is 5.36. The molecule has 0 saturated carbocycles. The minimum atomic E-state index is 0.206. The molecule has 1 rings (SSSR count). The van der Waals surface area contributed by atoms with Crippen LogP contribution in [-0.2, 0) is 4.79 Å². The Hall–Kier alpha value is -0.850. The highest BCUT2D eigenvalue weighted by Gasteiger charge is 2.28. The van der Waals surface area contributed by atoms with E-state index in [2.05, 4.69) is 20.8 Å².